The number of anilines is 1. The lowest BCUT2D eigenvalue weighted by Crippen LogP contribution is -2.17. The standard InChI is InChI=1S/C19H19F2N3O2/c1-12-8-9-13(2)15(10-12)24(3)11-17-22-18(23-26-17)14-6-4-5-7-16(14)25-19(20)21/h4-10,19H,11H2,1-3H3. The molecule has 0 aliphatic rings. The monoisotopic (exact) mass is 359 g/mol. The zero-order chi connectivity index (χ0) is 18.7. The average Bonchev–Trinajstić information content (AvgIpc) is 3.05. The molecule has 26 heavy (non-hydrogen) atoms. The molecule has 0 spiro atoms. The Bertz CT molecular complexity index is 896. The van der Waals surface area contributed by atoms with Gasteiger partial charge in [-0.15, -0.1) is 0 Å². The van der Waals surface area contributed by atoms with Crippen molar-refractivity contribution in [2.24, 2.45) is 0 Å². The fourth-order valence-corrected chi connectivity index (χ4v) is 2.70. The van der Waals surface area contributed by atoms with Gasteiger partial charge in [0.2, 0.25) is 11.7 Å². The molecule has 3 rings (SSSR count). The Balaban J connectivity index is 1.81. The van der Waals surface area contributed by atoms with E-state index in [9.17, 15) is 8.78 Å². The highest BCUT2D eigenvalue weighted by Gasteiger charge is 2.17. The summed E-state index contributed by atoms with van der Waals surface area (Å²) < 4.78 is 34.9. The number of rotatable bonds is 6. The number of aromatic nitrogens is 2. The Kier molecular flexibility index (Phi) is 5.16. The van der Waals surface area contributed by atoms with Crippen molar-refractivity contribution in [2.75, 3.05) is 11.9 Å². The molecule has 2 aromatic carbocycles. The molecular formula is C19H19F2N3O2. The van der Waals surface area contributed by atoms with Crippen LogP contribution in [0.15, 0.2) is 47.0 Å². The molecule has 0 N–H and O–H groups in total. The number of ether oxygens (including phenoxy) is 1. The van der Waals surface area contributed by atoms with Gasteiger partial charge in [-0.1, -0.05) is 29.4 Å². The Morgan fingerprint density at radius 2 is 1.92 bits per heavy atom. The van der Waals surface area contributed by atoms with Crippen LogP contribution in [0.3, 0.4) is 0 Å². The van der Waals surface area contributed by atoms with Gasteiger partial charge >= 0.3 is 6.61 Å². The lowest BCUT2D eigenvalue weighted by molar-refractivity contribution is -0.0494. The Labute approximate surface area is 150 Å². The summed E-state index contributed by atoms with van der Waals surface area (Å²) >= 11 is 0. The van der Waals surface area contributed by atoms with Gasteiger partial charge < -0.3 is 14.2 Å². The van der Waals surface area contributed by atoms with E-state index in [4.69, 9.17) is 4.52 Å². The maximum atomic E-state index is 12.6. The largest absolute Gasteiger partial charge is 0.434 e. The molecule has 0 saturated heterocycles. The highest BCUT2D eigenvalue weighted by Crippen LogP contribution is 2.29. The minimum Gasteiger partial charge on any atom is -0.434 e. The first-order valence-corrected chi connectivity index (χ1v) is 8.09. The van der Waals surface area contributed by atoms with Crippen LogP contribution >= 0.6 is 0 Å². The van der Waals surface area contributed by atoms with E-state index in [1.807, 2.05) is 25.8 Å². The molecule has 0 aliphatic heterocycles. The quantitative estimate of drug-likeness (QED) is 0.644. The zero-order valence-electron chi connectivity index (χ0n) is 14.7. The number of aryl methyl sites for hydroxylation is 2. The highest BCUT2D eigenvalue weighted by molar-refractivity contribution is 5.63. The lowest BCUT2D eigenvalue weighted by Gasteiger charge is -2.20. The maximum Gasteiger partial charge on any atom is 0.387 e. The molecule has 0 amide bonds. The summed E-state index contributed by atoms with van der Waals surface area (Å²) in [5, 5.41) is 3.90. The van der Waals surface area contributed by atoms with E-state index in [0.717, 1.165) is 16.8 Å². The summed E-state index contributed by atoms with van der Waals surface area (Å²) in [5.74, 6) is 0.610. The summed E-state index contributed by atoms with van der Waals surface area (Å²) in [6.45, 7) is 1.54. The number of para-hydroxylation sites is 1. The van der Waals surface area contributed by atoms with Crippen LogP contribution in [0.25, 0.3) is 11.4 Å². The highest BCUT2D eigenvalue weighted by atomic mass is 19.3. The lowest BCUT2D eigenvalue weighted by atomic mass is 10.1. The predicted molar refractivity (Wildman–Crippen MR) is 94.4 cm³/mol. The molecule has 7 heteroatoms. The Hall–Kier alpha value is -2.96. The second-order valence-electron chi connectivity index (χ2n) is 6.03. The van der Waals surface area contributed by atoms with Crippen molar-refractivity contribution in [3.05, 3.63) is 59.5 Å². The molecule has 0 atom stereocenters. The molecule has 0 fully saturated rings. The van der Waals surface area contributed by atoms with Crippen molar-refractivity contribution >= 4 is 5.69 Å². The number of halogens is 2. The number of hydrogen-bond acceptors (Lipinski definition) is 5. The van der Waals surface area contributed by atoms with E-state index in [1.54, 1.807) is 18.2 Å². The molecule has 0 unspecified atom stereocenters. The van der Waals surface area contributed by atoms with Crippen LogP contribution in [0.5, 0.6) is 5.75 Å². The minimum atomic E-state index is -2.92. The van der Waals surface area contributed by atoms with E-state index in [-0.39, 0.29) is 11.6 Å². The molecule has 1 aromatic heterocycles. The Morgan fingerprint density at radius 1 is 1.15 bits per heavy atom. The molecule has 3 aromatic rings. The van der Waals surface area contributed by atoms with Gasteiger partial charge in [0.05, 0.1) is 12.1 Å². The van der Waals surface area contributed by atoms with Crippen molar-refractivity contribution in [3.63, 3.8) is 0 Å². The normalized spacial score (nSPS) is 11.0. The van der Waals surface area contributed by atoms with E-state index in [1.165, 1.54) is 6.07 Å². The van der Waals surface area contributed by atoms with Gasteiger partial charge in [0, 0.05) is 12.7 Å². The van der Waals surface area contributed by atoms with Crippen LogP contribution in [-0.4, -0.2) is 23.8 Å². The van der Waals surface area contributed by atoms with E-state index in [2.05, 4.69) is 33.1 Å². The van der Waals surface area contributed by atoms with Crippen LogP contribution in [0.1, 0.15) is 17.0 Å². The van der Waals surface area contributed by atoms with Crippen molar-refractivity contribution < 1.29 is 18.0 Å². The van der Waals surface area contributed by atoms with E-state index in [0.29, 0.717) is 18.0 Å². The average molecular weight is 359 g/mol. The molecule has 0 bridgehead atoms. The number of benzene rings is 2. The van der Waals surface area contributed by atoms with Gasteiger partial charge in [-0.25, -0.2) is 0 Å². The SMILES string of the molecule is Cc1ccc(C)c(N(C)Cc2nc(-c3ccccc3OC(F)F)no2)c1. The summed E-state index contributed by atoms with van der Waals surface area (Å²) in [6.07, 6.45) is 0. The van der Waals surface area contributed by atoms with Gasteiger partial charge in [0.1, 0.15) is 5.75 Å². The smallest absolute Gasteiger partial charge is 0.387 e. The van der Waals surface area contributed by atoms with Gasteiger partial charge in [-0.05, 0) is 43.2 Å². The third-order valence-corrected chi connectivity index (χ3v) is 3.96. The first kappa shape index (κ1) is 17.8. The maximum absolute atomic E-state index is 12.6. The predicted octanol–water partition coefficient (Wildman–Crippen LogP) is 4.59. The molecular weight excluding hydrogens is 340 g/mol. The number of hydrogen-bond donors (Lipinski definition) is 0. The molecule has 5 nitrogen and oxygen atoms in total. The van der Waals surface area contributed by atoms with Gasteiger partial charge in [0.25, 0.3) is 0 Å². The van der Waals surface area contributed by atoms with Crippen molar-refractivity contribution in [1.82, 2.24) is 10.1 Å². The van der Waals surface area contributed by atoms with Crippen molar-refractivity contribution in [1.29, 1.82) is 0 Å². The van der Waals surface area contributed by atoms with Crippen LogP contribution in [0.2, 0.25) is 0 Å². The fourth-order valence-electron chi connectivity index (χ4n) is 2.70. The molecule has 0 radical (unpaired) electrons. The molecule has 1 heterocycles. The van der Waals surface area contributed by atoms with E-state index < -0.39 is 6.61 Å². The third kappa shape index (κ3) is 3.99. The molecule has 0 saturated carbocycles. The van der Waals surface area contributed by atoms with Crippen LogP contribution in [0, 0.1) is 13.8 Å². The van der Waals surface area contributed by atoms with E-state index >= 15 is 0 Å². The second-order valence-corrected chi connectivity index (χ2v) is 6.03. The van der Waals surface area contributed by atoms with Crippen LogP contribution in [0.4, 0.5) is 14.5 Å². The summed E-state index contributed by atoms with van der Waals surface area (Å²) in [7, 11) is 1.93. The summed E-state index contributed by atoms with van der Waals surface area (Å²) in [4.78, 5) is 6.32. The molecule has 0 aliphatic carbocycles. The van der Waals surface area contributed by atoms with Crippen LogP contribution < -0.4 is 9.64 Å². The Morgan fingerprint density at radius 3 is 2.69 bits per heavy atom. The fraction of sp³-hybridized carbons (Fsp3) is 0.263. The van der Waals surface area contributed by atoms with Gasteiger partial charge in [0.15, 0.2) is 0 Å². The first-order chi connectivity index (χ1) is 12.4. The van der Waals surface area contributed by atoms with Crippen molar-refractivity contribution in [2.45, 2.75) is 27.0 Å². The summed E-state index contributed by atoms with van der Waals surface area (Å²) in [5.41, 5.74) is 3.71. The second kappa shape index (κ2) is 7.51. The number of alkyl halides is 2. The minimum absolute atomic E-state index is 0.0118. The summed E-state index contributed by atoms with van der Waals surface area (Å²) in [6, 6.07) is 12.6. The number of nitrogens with zero attached hydrogens (tertiary/aromatic N) is 3. The van der Waals surface area contributed by atoms with Gasteiger partial charge in [-0.2, -0.15) is 13.8 Å². The third-order valence-electron chi connectivity index (χ3n) is 3.96. The zero-order valence-corrected chi connectivity index (χ0v) is 14.7. The topological polar surface area (TPSA) is 51.4 Å². The van der Waals surface area contributed by atoms with Crippen LogP contribution in [-0.2, 0) is 6.54 Å². The van der Waals surface area contributed by atoms with Crippen molar-refractivity contribution in [3.8, 4) is 17.1 Å². The first-order valence-electron chi connectivity index (χ1n) is 8.09. The van der Waals surface area contributed by atoms with Gasteiger partial charge in [-0.3, -0.25) is 0 Å². The molecule has 136 valence electrons.